The van der Waals surface area contributed by atoms with Gasteiger partial charge in [-0.15, -0.1) is 0 Å². The molecular weight excluding hydrogens is 338 g/mol. The topological polar surface area (TPSA) is 75.2 Å². The van der Waals surface area contributed by atoms with Crippen molar-refractivity contribution in [3.8, 4) is 5.75 Å². The van der Waals surface area contributed by atoms with E-state index in [1.807, 2.05) is 11.8 Å². The van der Waals surface area contributed by atoms with Crippen molar-refractivity contribution in [3.63, 3.8) is 0 Å². The minimum absolute atomic E-state index is 0.181. The molecule has 1 aliphatic heterocycles. The summed E-state index contributed by atoms with van der Waals surface area (Å²) >= 11 is 0. The molecule has 3 N–H and O–H groups in total. The molecule has 0 spiro atoms. The van der Waals surface area contributed by atoms with E-state index in [-0.39, 0.29) is 31.6 Å². The predicted octanol–water partition coefficient (Wildman–Crippen LogP) is 3.71. The van der Waals surface area contributed by atoms with Crippen LogP contribution in [0.4, 0.5) is 20.3 Å². The second-order valence-corrected chi connectivity index (χ2v) is 6.30. The van der Waals surface area contributed by atoms with Crippen molar-refractivity contribution in [2.45, 2.75) is 25.7 Å². The lowest BCUT2D eigenvalue weighted by molar-refractivity contribution is -0.0221. The van der Waals surface area contributed by atoms with E-state index in [1.165, 1.54) is 0 Å². The van der Waals surface area contributed by atoms with Crippen molar-refractivity contribution in [1.29, 1.82) is 5.41 Å². The number of nitrogens with one attached hydrogen (secondary N) is 1. The molecule has 0 atom stereocenters. The zero-order valence-electron chi connectivity index (χ0n) is 14.6. The van der Waals surface area contributed by atoms with Crippen LogP contribution in [0.3, 0.4) is 0 Å². The molecule has 26 heavy (non-hydrogen) atoms. The Morgan fingerprint density at radius 3 is 2.69 bits per heavy atom. The standard InChI is InChI=1S/C19H22F2N4O/c1-2-26-14-3-4-16(22)15(12-14)18(23)13-5-8-24-17(11-13)25-9-6-19(20,21)7-10-25/h3-5,8,11-12,23H,2,6-7,9-10,22H2,1H3. The van der Waals surface area contributed by atoms with E-state index in [1.54, 1.807) is 36.5 Å². The lowest BCUT2D eigenvalue weighted by Gasteiger charge is -2.32. The van der Waals surface area contributed by atoms with Gasteiger partial charge in [0.1, 0.15) is 11.6 Å². The zero-order chi connectivity index (χ0) is 18.7. The van der Waals surface area contributed by atoms with E-state index in [0.29, 0.717) is 35.0 Å². The molecule has 5 nitrogen and oxygen atoms in total. The number of benzene rings is 1. The number of hydrogen-bond acceptors (Lipinski definition) is 5. The Hall–Kier alpha value is -2.70. The number of nitrogen functional groups attached to an aromatic ring is 1. The van der Waals surface area contributed by atoms with Crippen molar-refractivity contribution >= 4 is 17.2 Å². The molecule has 1 aliphatic rings. The molecule has 1 fully saturated rings. The van der Waals surface area contributed by atoms with Gasteiger partial charge in [0.15, 0.2) is 0 Å². The third-order valence-electron chi connectivity index (χ3n) is 4.46. The summed E-state index contributed by atoms with van der Waals surface area (Å²) in [5, 5.41) is 8.51. The number of alkyl halides is 2. The molecule has 0 aliphatic carbocycles. The summed E-state index contributed by atoms with van der Waals surface area (Å²) in [5.41, 5.74) is 7.96. The zero-order valence-corrected chi connectivity index (χ0v) is 14.6. The number of rotatable bonds is 5. The summed E-state index contributed by atoms with van der Waals surface area (Å²) in [6.07, 6.45) is 1.23. The Kier molecular flexibility index (Phi) is 5.06. The van der Waals surface area contributed by atoms with Crippen LogP contribution in [0, 0.1) is 5.41 Å². The number of nitrogens with zero attached hydrogens (tertiary/aromatic N) is 2. The van der Waals surface area contributed by atoms with Crippen LogP contribution >= 0.6 is 0 Å². The van der Waals surface area contributed by atoms with Crippen LogP contribution in [0.1, 0.15) is 30.9 Å². The highest BCUT2D eigenvalue weighted by Gasteiger charge is 2.34. The molecule has 1 aromatic carbocycles. The molecule has 2 aromatic rings. The van der Waals surface area contributed by atoms with Crippen molar-refractivity contribution in [2.24, 2.45) is 0 Å². The van der Waals surface area contributed by atoms with E-state index in [4.69, 9.17) is 15.9 Å². The highest BCUT2D eigenvalue weighted by Crippen LogP contribution is 2.30. The highest BCUT2D eigenvalue weighted by molar-refractivity contribution is 6.14. The number of aromatic nitrogens is 1. The molecule has 0 radical (unpaired) electrons. The maximum absolute atomic E-state index is 13.4. The van der Waals surface area contributed by atoms with Gasteiger partial charge in [-0.2, -0.15) is 0 Å². The fraction of sp³-hybridized carbons (Fsp3) is 0.368. The Morgan fingerprint density at radius 1 is 1.27 bits per heavy atom. The fourth-order valence-corrected chi connectivity index (χ4v) is 2.97. The SMILES string of the molecule is CCOc1ccc(N)c(C(=N)c2ccnc(N3CCC(F)(F)CC3)c2)c1. The number of piperidine rings is 1. The quantitative estimate of drug-likeness (QED) is 0.629. The normalized spacial score (nSPS) is 16.3. The molecular formula is C19H22F2N4O. The molecule has 1 aromatic heterocycles. The molecule has 7 heteroatoms. The van der Waals surface area contributed by atoms with E-state index < -0.39 is 5.92 Å². The first kappa shape index (κ1) is 18.1. The summed E-state index contributed by atoms with van der Waals surface area (Å²) in [7, 11) is 0. The maximum atomic E-state index is 13.4. The number of nitrogens with two attached hydrogens (primary N) is 1. The summed E-state index contributed by atoms with van der Waals surface area (Å²) < 4.78 is 32.2. The van der Waals surface area contributed by atoms with Gasteiger partial charge in [0.25, 0.3) is 5.92 Å². The van der Waals surface area contributed by atoms with Crippen LogP contribution in [-0.4, -0.2) is 36.3 Å². The minimum Gasteiger partial charge on any atom is -0.494 e. The first-order valence-electron chi connectivity index (χ1n) is 8.60. The van der Waals surface area contributed by atoms with Crippen molar-refractivity contribution < 1.29 is 13.5 Å². The van der Waals surface area contributed by atoms with Gasteiger partial charge in [-0.05, 0) is 37.3 Å². The van der Waals surface area contributed by atoms with Gasteiger partial charge in [-0.3, -0.25) is 5.41 Å². The number of halogens is 2. The second-order valence-electron chi connectivity index (χ2n) is 6.30. The molecule has 3 rings (SSSR count). The predicted molar refractivity (Wildman–Crippen MR) is 98.6 cm³/mol. The average molecular weight is 360 g/mol. The van der Waals surface area contributed by atoms with Crippen LogP contribution < -0.4 is 15.4 Å². The van der Waals surface area contributed by atoms with Gasteiger partial charge in [-0.1, -0.05) is 0 Å². The number of ether oxygens (including phenoxy) is 1. The molecule has 0 bridgehead atoms. The summed E-state index contributed by atoms with van der Waals surface area (Å²) in [6, 6.07) is 8.68. The molecule has 0 saturated carbocycles. The van der Waals surface area contributed by atoms with Crippen LogP contribution in [-0.2, 0) is 0 Å². The molecule has 2 heterocycles. The maximum Gasteiger partial charge on any atom is 0.251 e. The van der Waals surface area contributed by atoms with E-state index in [2.05, 4.69) is 4.98 Å². The first-order valence-corrected chi connectivity index (χ1v) is 8.60. The van der Waals surface area contributed by atoms with Crippen LogP contribution in [0.25, 0.3) is 0 Å². The lowest BCUT2D eigenvalue weighted by atomic mass is 10.0. The minimum atomic E-state index is -2.60. The third kappa shape index (κ3) is 3.92. The summed E-state index contributed by atoms with van der Waals surface area (Å²) in [5.74, 6) is -1.36. The molecule has 0 amide bonds. The molecule has 138 valence electrons. The van der Waals surface area contributed by atoms with Gasteiger partial charge < -0.3 is 15.4 Å². The number of hydrogen-bond donors (Lipinski definition) is 2. The third-order valence-corrected chi connectivity index (χ3v) is 4.46. The number of anilines is 2. The first-order chi connectivity index (χ1) is 12.4. The largest absolute Gasteiger partial charge is 0.494 e. The molecule has 0 unspecified atom stereocenters. The van der Waals surface area contributed by atoms with Gasteiger partial charge in [0.05, 0.1) is 12.3 Å². The van der Waals surface area contributed by atoms with Gasteiger partial charge >= 0.3 is 0 Å². The van der Waals surface area contributed by atoms with Crippen molar-refractivity contribution in [2.75, 3.05) is 30.3 Å². The Bertz CT molecular complexity index is 800. The smallest absolute Gasteiger partial charge is 0.251 e. The van der Waals surface area contributed by atoms with E-state index >= 15 is 0 Å². The van der Waals surface area contributed by atoms with E-state index in [0.717, 1.165) is 0 Å². The Labute approximate surface area is 151 Å². The van der Waals surface area contributed by atoms with Crippen molar-refractivity contribution in [1.82, 2.24) is 4.98 Å². The summed E-state index contributed by atoms with van der Waals surface area (Å²) in [4.78, 5) is 6.11. The number of pyridine rings is 1. The molecule has 1 saturated heterocycles. The average Bonchev–Trinajstić information content (AvgIpc) is 2.63. The lowest BCUT2D eigenvalue weighted by Crippen LogP contribution is -2.39. The van der Waals surface area contributed by atoms with Gasteiger partial charge in [-0.25, -0.2) is 13.8 Å². The fourth-order valence-electron chi connectivity index (χ4n) is 2.97. The van der Waals surface area contributed by atoms with Gasteiger partial charge in [0.2, 0.25) is 0 Å². The van der Waals surface area contributed by atoms with Gasteiger partial charge in [0, 0.05) is 48.9 Å². The Morgan fingerprint density at radius 2 is 2.00 bits per heavy atom. The van der Waals surface area contributed by atoms with Crippen LogP contribution in [0.2, 0.25) is 0 Å². The second kappa shape index (κ2) is 7.27. The Balaban J connectivity index is 1.84. The van der Waals surface area contributed by atoms with Crippen LogP contribution in [0.5, 0.6) is 5.75 Å². The summed E-state index contributed by atoms with van der Waals surface area (Å²) in [6.45, 7) is 2.91. The highest BCUT2D eigenvalue weighted by atomic mass is 19.3. The van der Waals surface area contributed by atoms with Crippen LogP contribution in [0.15, 0.2) is 36.5 Å². The van der Waals surface area contributed by atoms with Crippen molar-refractivity contribution in [3.05, 3.63) is 47.7 Å². The monoisotopic (exact) mass is 360 g/mol. The van der Waals surface area contributed by atoms with E-state index in [9.17, 15) is 8.78 Å².